The fourth-order valence-corrected chi connectivity index (χ4v) is 2.90. The molecule has 3 rings (SSSR count). The van der Waals surface area contributed by atoms with Crippen molar-refractivity contribution in [1.82, 2.24) is 9.97 Å². The molecule has 0 unspecified atom stereocenters. The lowest BCUT2D eigenvalue weighted by atomic mass is 10.2. The van der Waals surface area contributed by atoms with Gasteiger partial charge in [0.1, 0.15) is 10.5 Å². The number of carbonyl (C=O) groups excluding carboxylic acids is 1. The lowest BCUT2D eigenvalue weighted by molar-refractivity contribution is -0.105. The zero-order valence-corrected chi connectivity index (χ0v) is 13.7. The maximum absolute atomic E-state index is 12.4. The van der Waals surface area contributed by atoms with Crippen LogP contribution in [0.3, 0.4) is 0 Å². The van der Waals surface area contributed by atoms with Crippen molar-refractivity contribution in [2.24, 2.45) is 0 Å². The Bertz CT molecular complexity index is 924. The Morgan fingerprint density at radius 1 is 1.32 bits per heavy atom. The predicted molar refractivity (Wildman–Crippen MR) is 87.7 cm³/mol. The number of amides is 1. The van der Waals surface area contributed by atoms with E-state index in [4.69, 9.17) is 4.42 Å². The molecular formula is C16H12F3N3O2S. The van der Waals surface area contributed by atoms with Gasteiger partial charge in [-0.3, -0.25) is 4.79 Å². The number of halogens is 3. The highest BCUT2D eigenvalue weighted by atomic mass is 32.2. The molecule has 0 fully saturated rings. The average molecular weight is 367 g/mol. The van der Waals surface area contributed by atoms with Gasteiger partial charge in [0.15, 0.2) is 11.5 Å². The summed E-state index contributed by atoms with van der Waals surface area (Å²) < 4.78 is 42.6. The van der Waals surface area contributed by atoms with Crippen LogP contribution in [0.15, 0.2) is 46.0 Å². The number of aryl methyl sites for hydroxylation is 1. The number of nitrogens with one attached hydrogen (secondary N) is 1. The first-order valence-corrected chi connectivity index (χ1v) is 8.13. The highest BCUT2D eigenvalue weighted by Crippen LogP contribution is 2.28. The quantitative estimate of drug-likeness (QED) is 0.691. The number of thioether (sulfide) groups is 1. The minimum Gasteiger partial charge on any atom is -0.441 e. The monoisotopic (exact) mass is 367 g/mol. The molecule has 1 amide bonds. The van der Waals surface area contributed by atoms with Crippen LogP contribution in [0.1, 0.15) is 16.2 Å². The third kappa shape index (κ3) is 4.30. The highest BCUT2D eigenvalue weighted by Gasteiger charge is 2.28. The second kappa shape index (κ2) is 6.75. The number of fused-ring (bicyclic) bond motifs is 1. The largest absolute Gasteiger partial charge is 0.441 e. The average Bonchev–Trinajstić information content (AvgIpc) is 2.92. The minimum atomic E-state index is -4.34. The first-order chi connectivity index (χ1) is 11.8. The van der Waals surface area contributed by atoms with Crippen LogP contribution in [-0.2, 0) is 0 Å². The zero-order valence-electron chi connectivity index (χ0n) is 12.9. The molecule has 1 aromatic carbocycles. The molecule has 25 heavy (non-hydrogen) atoms. The van der Waals surface area contributed by atoms with Gasteiger partial charge in [0.25, 0.3) is 5.91 Å². The zero-order chi connectivity index (χ0) is 18.0. The molecular weight excluding hydrogens is 355 g/mol. The van der Waals surface area contributed by atoms with Crippen molar-refractivity contribution in [3.63, 3.8) is 0 Å². The van der Waals surface area contributed by atoms with E-state index in [1.165, 1.54) is 18.3 Å². The number of hydrogen-bond donors (Lipinski definition) is 1. The number of carbonyl (C=O) groups is 1. The molecule has 2 aromatic heterocycles. The molecule has 3 aromatic rings. The molecule has 0 aliphatic heterocycles. The predicted octanol–water partition coefficient (Wildman–Crippen LogP) is 4.44. The number of hydrogen-bond acceptors (Lipinski definition) is 5. The van der Waals surface area contributed by atoms with Crippen LogP contribution in [0.2, 0.25) is 0 Å². The van der Waals surface area contributed by atoms with E-state index in [0.717, 1.165) is 0 Å². The van der Waals surface area contributed by atoms with Gasteiger partial charge in [0, 0.05) is 18.8 Å². The van der Waals surface area contributed by atoms with Crippen molar-refractivity contribution in [2.75, 3.05) is 11.1 Å². The Labute approximate surface area is 144 Å². The number of benzene rings is 1. The molecule has 0 saturated carbocycles. The Morgan fingerprint density at radius 3 is 2.88 bits per heavy atom. The maximum atomic E-state index is 12.4. The summed E-state index contributed by atoms with van der Waals surface area (Å²) in [6, 6.07) is 7.84. The van der Waals surface area contributed by atoms with Gasteiger partial charge in [-0.15, -0.1) is 0 Å². The summed E-state index contributed by atoms with van der Waals surface area (Å²) in [6.07, 6.45) is -2.99. The van der Waals surface area contributed by atoms with E-state index in [0.29, 0.717) is 34.4 Å². The molecule has 0 radical (unpaired) electrons. The molecule has 0 saturated heterocycles. The van der Waals surface area contributed by atoms with Crippen LogP contribution in [0.4, 0.5) is 18.9 Å². The summed E-state index contributed by atoms with van der Waals surface area (Å²) in [7, 11) is 0. The topological polar surface area (TPSA) is 68.0 Å². The molecule has 0 aliphatic carbocycles. The number of aromatic nitrogens is 2. The fourth-order valence-electron chi connectivity index (χ4n) is 2.15. The van der Waals surface area contributed by atoms with Crippen molar-refractivity contribution >= 4 is 34.5 Å². The van der Waals surface area contributed by atoms with Gasteiger partial charge in [0.05, 0.1) is 11.3 Å². The van der Waals surface area contributed by atoms with E-state index in [9.17, 15) is 18.0 Å². The maximum Gasteiger partial charge on any atom is 0.398 e. The van der Waals surface area contributed by atoms with Gasteiger partial charge in [0.2, 0.25) is 0 Å². The number of nitrogens with zero attached hydrogens (tertiary/aromatic N) is 2. The SMILES string of the molecule is Cc1nc2cc(NC(=O)c3cccnc3SCC(F)(F)F)ccc2o1. The first-order valence-electron chi connectivity index (χ1n) is 7.15. The Hall–Kier alpha value is -2.55. The Morgan fingerprint density at radius 2 is 2.12 bits per heavy atom. The number of rotatable bonds is 4. The van der Waals surface area contributed by atoms with Gasteiger partial charge < -0.3 is 9.73 Å². The summed E-state index contributed by atoms with van der Waals surface area (Å²) >= 11 is 0.474. The van der Waals surface area contributed by atoms with Gasteiger partial charge in [-0.2, -0.15) is 13.2 Å². The van der Waals surface area contributed by atoms with Crippen molar-refractivity contribution in [3.05, 3.63) is 48.0 Å². The van der Waals surface area contributed by atoms with E-state index in [1.54, 1.807) is 25.1 Å². The van der Waals surface area contributed by atoms with Gasteiger partial charge in [-0.05, 0) is 30.3 Å². The molecule has 5 nitrogen and oxygen atoms in total. The first kappa shape index (κ1) is 17.3. The smallest absolute Gasteiger partial charge is 0.398 e. The number of anilines is 1. The lowest BCUT2D eigenvalue weighted by Crippen LogP contribution is -2.15. The van der Waals surface area contributed by atoms with Crippen LogP contribution in [0.25, 0.3) is 11.1 Å². The lowest BCUT2D eigenvalue weighted by Gasteiger charge is -2.10. The van der Waals surface area contributed by atoms with Crippen molar-refractivity contribution in [3.8, 4) is 0 Å². The summed E-state index contributed by atoms with van der Waals surface area (Å²) in [5.74, 6) is -1.16. The van der Waals surface area contributed by atoms with E-state index < -0.39 is 17.8 Å². The normalized spacial score (nSPS) is 11.7. The second-order valence-electron chi connectivity index (χ2n) is 5.13. The Kier molecular flexibility index (Phi) is 4.67. The summed E-state index contributed by atoms with van der Waals surface area (Å²) in [4.78, 5) is 20.5. The second-order valence-corrected chi connectivity index (χ2v) is 6.09. The summed E-state index contributed by atoms with van der Waals surface area (Å²) in [6.45, 7) is 1.71. The molecule has 0 atom stereocenters. The fraction of sp³-hybridized carbons (Fsp3) is 0.188. The third-order valence-corrected chi connectivity index (χ3v) is 4.21. The van der Waals surface area contributed by atoms with Gasteiger partial charge in [-0.1, -0.05) is 11.8 Å². The summed E-state index contributed by atoms with van der Waals surface area (Å²) in [5.41, 5.74) is 1.70. The molecule has 130 valence electrons. The molecule has 2 heterocycles. The molecule has 0 aliphatic rings. The standard InChI is InChI=1S/C16H12F3N3O2S/c1-9-21-12-7-10(4-5-13(12)24-9)22-14(23)11-3-2-6-20-15(11)25-8-16(17,18)19/h2-7H,8H2,1H3,(H,22,23). The van der Waals surface area contributed by atoms with E-state index in [1.807, 2.05) is 0 Å². The Balaban J connectivity index is 1.80. The van der Waals surface area contributed by atoms with E-state index in [-0.39, 0.29) is 10.6 Å². The van der Waals surface area contributed by atoms with Crippen molar-refractivity contribution in [1.29, 1.82) is 0 Å². The van der Waals surface area contributed by atoms with Crippen LogP contribution >= 0.6 is 11.8 Å². The molecule has 9 heteroatoms. The van der Waals surface area contributed by atoms with Crippen molar-refractivity contribution in [2.45, 2.75) is 18.1 Å². The van der Waals surface area contributed by atoms with Gasteiger partial charge in [-0.25, -0.2) is 9.97 Å². The van der Waals surface area contributed by atoms with E-state index >= 15 is 0 Å². The van der Waals surface area contributed by atoms with Crippen LogP contribution in [-0.4, -0.2) is 27.8 Å². The molecule has 0 spiro atoms. The van der Waals surface area contributed by atoms with Crippen LogP contribution < -0.4 is 5.32 Å². The van der Waals surface area contributed by atoms with Gasteiger partial charge >= 0.3 is 6.18 Å². The molecule has 1 N–H and O–H groups in total. The minimum absolute atomic E-state index is 0.0238. The number of alkyl halides is 3. The number of pyridine rings is 1. The third-order valence-electron chi connectivity index (χ3n) is 3.14. The number of oxazole rings is 1. The highest BCUT2D eigenvalue weighted by molar-refractivity contribution is 7.99. The van der Waals surface area contributed by atoms with Crippen LogP contribution in [0, 0.1) is 6.92 Å². The summed E-state index contributed by atoms with van der Waals surface area (Å²) in [5, 5.41) is 2.67. The van der Waals surface area contributed by atoms with Crippen molar-refractivity contribution < 1.29 is 22.4 Å². The van der Waals surface area contributed by atoms with Crippen LogP contribution in [0.5, 0.6) is 0 Å². The van der Waals surface area contributed by atoms with E-state index in [2.05, 4.69) is 15.3 Å². The molecule has 0 bridgehead atoms.